The van der Waals surface area contributed by atoms with Crippen LogP contribution in [-0.4, -0.2) is 55.1 Å². The lowest BCUT2D eigenvalue weighted by atomic mass is 10.2. The molecular weight excluding hydrogens is 396 g/mol. The van der Waals surface area contributed by atoms with E-state index >= 15 is 0 Å². The van der Waals surface area contributed by atoms with Crippen LogP contribution in [0.25, 0.3) is 0 Å². The van der Waals surface area contributed by atoms with Crippen LogP contribution in [0.15, 0.2) is 23.6 Å². The van der Waals surface area contributed by atoms with E-state index < -0.39 is 0 Å². The molecule has 0 bridgehead atoms. The largest absolute Gasteiger partial charge is 0.492 e. The predicted molar refractivity (Wildman–Crippen MR) is 125 cm³/mol. The van der Waals surface area contributed by atoms with Crippen LogP contribution in [0.3, 0.4) is 0 Å². The molecule has 1 saturated heterocycles. The smallest absolute Gasteiger partial charge is 0.224 e. The van der Waals surface area contributed by atoms with Gasteiger partial charge in [0.05, 0.1) is 23.0 Å². The van der Waals surface area contributed by atoms with Crippen molar-refractivity contribution in [2.24, 2.45) is 0 Å². The number of piperazine rings is 1. The predicted octanol–water partition coefficient (Wildman–Crippen LogP) is 4.34. The Hall–Kier alpha value is -2.12. The first-order valence-corrected chi connectivity index (χ1v) is 11.9. The van der Waals surface area contributed by atoms with E-state index in [4.69, 9.17) is 4.74 Å². The Balaban J connectivity index is 1.55. The number of nitrogens with zero attached hydrogens (tertiary/aromatic N) is 3. The van der Waals surface area contributed by atoms with Crippen LogP contribution in [-0.2, 0) is 11.2 Å². The highest BCUT2D eigenvalue weighted by Crippen LogP contribution is 2.31. The van der Waals surface area contributed by atoms with Crippen LogP contribution >= 0.6 is 11.3 Å². The van der Waals surface area contributed by atoms with Gasteiger partial charge in [-0.25, -0.2) is 4.98 Å². The molecule has 1 aromatic carbocycles. The van der Waals surface area contributed by atoms with Gasteiger partial charge in [0.15, 0.2) is 0 Å². The second-order valence-electron chi connectivity index (χ2n) is 7.70. The molecule has 2 aromatic rings. The summed E-state index contributed by atoms with van der Waals surface area (Å²) in [7, 11) is 0. The van der Waals surface area contributed by atoms with Crippen molar-refractivity contribution in [3.63, 3.8) is 0 Å². The lowest BCUT2D eigenvalue weighted by Crippen LogP contribution is -2.46. The standard InChI is InChI=1S/C23H34N4O2S/c1-4-11-26-12-14-27(15-13-26)20-9-10-21(22(16-20)29-5-2)25-23(28)8-6-7-19-17-30-18(3)24-19/h9-10,16-17H,4-8,11-15H2,1-3H3,(H,25,28). The van der Waals surface area contributed by atoms with Gasteiger partial charge < -0.3 is 15.0 Å². The molecule has 3 rings (SSSR count). The third-order valence-corrected chi connectivity index (χ3v) is 6.14. The SMILES string of the molecule is CCCN1CCN(c2ccc(NC(=O)CCCc3csc(C)n3)c(OCC)c2)CC1. The quantitative estimate of drug-likeness (QED) is 0.607. The number of thiazole rings is 1. The first-order chi connectivity index (χ1) is 14.6. The van der Waals surface area contributed by atoms with Crippen molar-refractivity contribution in [2.75, 3.05) is 49.5 Å². The molecule has 1 fully saturated rings. The van der Waals surface area contributed by atoms with Crippen molar-refractivity contribution in [3.05, 3.63) is 34.3 Å². The lowest BCUT2D eigenvalue weighted by molar-refractivity contribution is -0.116. The van der Waals surface area contributed by atoms with Crippen LogP contribution in [0.2, 0.25) is 0 Å². The topological polar surface area (TPSA) is 57.7 Å². The molecule has 0 spiro atoms. The molecule has 0 saturated carbocycles. The highest BCUT2D eigenvalue weighted by molar-refractivity contribution is 7.09. The van der Waals surface area contributed by atoms with E-state index in [1.165, 1.54) is 13.0 Å². The molecule has 0 aliphatic carbocycles. The Labute approximate surface area is 184 Å². The number of anilines is 2. The van der Waals surface area contributed by atoms with Gasteiger partial charge in [0.2, 0.25) is 5.91 Å². The molecule has 1 aliphatic rings. The summed E-state index contributed by atoms with van der Waals surface area (Å²) in [6.07, 6.45) is 3.30. The van der Waals surface area contributed by atoms with Gasteiger partial charge in [0, 0.05) is 49.7 Å². The Morgan fingerprint density at radius 1 is 1.23 bits per heavy atom. The molecule has 1 aromatic heterocycles. The number of aromatic nitrogens is 1. The van der Waals surface area contributed by atoms with Crippen molar-refractivity contribution in [1.29, 1.82) is 0 Å². The minimum absolute atomic E-state index is 0.0174. The summed E-state index contributed by atoms with van der Waals surface area (Å²) in [6.45, 7) is 12.2. The number of hydrogen-bond acceptors (Lipinski definition) is 6. The van der Waals surface area contributed by atoms with E-state index in [1.54, 1.807) is 11.3 Å². The van der Waals surface area contributed by atoms with Gasteiger partial charge in [0.1, 0.15) is 5.75 Å². The van der Waals surface area contributed by atoms with Gasteiger partial charge in [-0.3, -0.25) is 9.69 Å². The molecule has 30 heavy (non-hydrogen) atoms. The summed E-state index contributed by atoms with van der Waals surface area (Å²) in [5, 5.41) is 6.17. The number of amides is 1. The number of rotatable bonds is 10. The van der Waals surface area contributed by atoms with Crippen molar-refractivity contribution in [3.8, 4) is 5.75 Å². The maximum absolute atomic E-state index is 12.4. The zero-order valence-corrected chi connectivity index (χ0v) is 19.3. The average molecular weight is 431 g/mol. The Morgan fingerprint density at radius 2 is 2.03 bits per heavy atom. The molecule has 7 heteroatoms. The minimum atomic E-state index is 0.0174. The van der Waals surface area contributed by atoms with Crippen LogP contribution in [0, 0.1) is 6.92 Å². The highest BCUT2D eigenvalue weighted by atomic mass is 32.1. The number of ether oxygens (including phenoxy) is 1. The summed E-state index contributed by atoms with van der Waals surface area (Å²) in [5.74, 6) is 0.762. The van der Waals surface area contributed by atoms with E-state index in [-0.39, 0.29) is 5.91 Å². The van der Waals surface area contributed by atoms with Gasteiger partial charge in [-0.15, -0.1) is 11.3 Å². The fourth-order valence-corrected chi connectivity index (χ4v) is 4.44. The lowest BCUT2D eigenvalue weighted by Gasteiger charge is -2.36. The molecule has 0 unspecified atom stereocenters. The van der Waals surface area contributed by atoms with E-state index in [9.17, 15) is 4.79 Å². The van der Waals surface area contributed by atoms with Gasteiger partial charge >= 0.3 is 0 Å². The van der Waals surface area contributed by atoms with Gasteiger partial charge in [0.25, 0.3) is 0 Å². The number of benzene rings is 1. The first kappa shape index (κ1) is 22.6. The average Bonchev–Trinajstić information content (AvgIpc) is 3.15. The normalized spacial score (nSPS) is 14.7. The van der Waals surface area contributed by atoms with Crippen molar-refractivity contribution in [1.82, 2.24) is 9.88 Å². The van der Waals surface area contributed by atoms with Crippen molar-refractivity contribution in [2.45, 2.75) is 46.5 Å². The van der Waals surface area contributed by atoms with E-state index in [2.05, 4.69) is 44.5 Å². The summed E-state index contributed by atoms with van der Waals surface area (Å²) in [5.41, 5.74) is 2.98. The zero-order valence-electron chi connectivity index (χ0n) is 18.4. The van der Waals surface area contributed by atoms with Crippen molar-refractivity contribution >= 4 is 28.6 Å². The Morgan fingerprint density at radius 3 is 2.70 bits per heavy atom. The van der Waals surface area contributed by atoms with Gasteiger partial charge in [-0.05, 0) is 51.8 Å². The fraction of sp³-hybridized carbons (Fsp3) is 0.565. The van der Waals surface area contributed by atoms with E-state index in [0.29, 0.717) is 13.0 Å². The van der Waals surface area contributed by atoms with Crippen LogP contribution in [0.4, 0.5) is 11.4 Å². The summed E-state index contributed by atoms with van der Waals surface area (Å²) in [4.78, 5) is 21.8. The zero-order chi connectivity index (χ0) is 21.3. The van der Waals surface area contributed by atoms with Crippen LogP contribution in [0.1, 0.15) is 43.8 Å². The summed E-state index contributed by atoms with van der Waals surface area (Å²) >= 11 is 1.65. The Kier molecular flexibility index (Phi) is 8.51. The second-order valence-corrected chi connectivity index (χ2v) is 8.76. The maximum atomic E-state index is 12.4. The number of hydrogen-bond donors (Lipinski definition) is 1. The number of nitrogens with one attached hydrogen (secondary N) is 1. The minimum Gasteiger partial charge on any atom is -0.492 e. The number of carbonyl (C=O) groups excluding carboxylic acids is 1. The summed E-state index contributed by atoms with van der Waals surface area (Å²) < 4.78 is 5.85. The van der Waals surface area contributed by atoms with Crippen LogP contribution < -0.4 is 15.0 Å². The highest BCUT2D eigenvalue weighted by Gasteiger charge is 2.18. The molecule has 164 valence electrons. The molecule has 6 nitrogen and oxygen atoms in total. The van der Waals surface area contributed by atoms with E-state index in [0.717, 1.165) is 66.8 Å². The van der Waals surface area contributed by atoms with E-state index in [1.807, 2.05) is 19.9 Å². The van der Waals surface area contributed by atoms with Gasteiger partial charge in [-0.2, -0.15) is 0 Å². The third-order valence-electron chi connectivity index (χ3n) is 5.32. The first-order valence-electron chi connectivity index (χ1n) is 11.0. The fourth-order valence-electron chi connectivity index (χ4n) is 3.80. The molecular formula is C23H34N4O2S. The number of carbonyl (C=O) groups is 1. The second kappa shape index (κ2) is 11.3. The molecule has 0 radical (unpaired) electrons. The molecule has 1 aliphatic heterocycles. The van der Waals surface area contributed by atoms with Crippen LogP contribution in [0.5, 0.6) is 5.75 Å². The monoisotopic (exact) mass is 430 g/mol. The van der Waals surface area contributed by atoms with Gasteiger partial charge in [-0.1, -0.05) is 6.92 Å². The maximum Gasteiger partial charge on any atom is 0.224 e. The molecule has 1 amide bonds. The number of aryl methyl sites for hydroxylation is 2. The molecule has 0 atom stereocenters. The third kappa shape index (κ3) is 6.44. The molecule has 1 N–H and O–H groups in total. The Bertz CT molecular complexity index is 815. The summed E-state index contributed by atoms with van der Waals surface area (Å²) in [6, 6.07) is 6.12. The van der Waals surface area contributed by atoms with Crippen molar-refractivity contribution < 1.29 is 9.53 Å². The molecule has 2 heterocycles.